The van der Waals surface area contributed by atoms with Crippen LogP contribution in [-0.4, -0.2) is 25.8 Å². The molecule has 136 valence electrons. The monoisotopic (exact) mass is 368 g/mol. The van der Waals surface area contributed by atoms with Gasteiger partial charge in [-0.3, -0.25) is 9.59 Å². The van der Waals surface area contributed by atoms with E-state index in [0.717, 1.165) is 22.3 Å². The first-order valence-corrected chi connectivity index (χ1v) is 8.94. The van der Waals surface area contributed by atoms with Crippen LogP contribution in [0.1, 0.15) is 43.0 Å². The SMILES string of the molecule is COc1ccc(C2=C3c4ccccc4C(=O)c4cccc(c43)C2=O)cc1OC. The van der Waals surface area contributed by atoms with E-state index < -0.39 is 0 Å². The summed E-state index contributed by atoms with van der Waals surface area (Å²) in [5.74, 6) is 1.03. The van der Waals surface area contributed by atoms with Crippen LogP contribution in [0.2, 0.25) is 0 Å². The summed E-state index contributed by atoms with van der Waals surface area (Å²) in [5.41, 5.74) is 5.44. The normalized spacial score (nSPS) is 14.1. The van der Waals surface area contributed by atoms with Gasteiger partial charge in [-0.25, -0.2) is 0 Å². The van der Waals surface area contributed by atoms with Crippen molar-refractivity contribution in [3.63, 3.8) is 0 Å². The van der Waals surface area contributed by atoms with E-state index >= 15 is 0 Å². The number of rotatable bonds is 3. The Hall–Kier alpha value is -3.66. The zero-order valence-electron chi connectivity index (χ0n) is 15.4. The van der Waals surface area contributed by atoms with Crippen molar-refractivity contribution < 1.29 is 19.1 Å². The molecule has 0 unspecified atom stereocenters. The van der Waals surface area contributed by atoms with Crippen LogP contribution in [0, 0.1) is 0 Å². The molecule has 4 nitrogen and oxygen atoms in total. The minimum atomic E-state index is -0.0800. The van der Waals surface area contributed by atoms with Crippen LogP contribution in [-0.2, 0) is 0 Å². The standard InChI is InChI=1S/C24H16O4/c1-27-18-11-10-13(12-19(18)28-2)20-22-14-6-3-4-7-15(14)23(25)16-8-5-9-17(21(16)22)24(20)26/h3-12H,1-2H3. The molecule has 0 N–H and O–H groups in total. The molecule has 0 amide bonds. The van der Waals surface area contributed by atoms with Gasteiger partial charge in [0.2, 0.25) is 0 Å². The second-order valence-corrected chi connectivity index (χ2v) is 6.75. The van der Waals surface area contributed by atoms with Crippen molar-refractivity contribution in [3.05, 3.63) is 94.0 Å². The number of Topliss-reactive ketones (excluding diaryl/α,β-unsaturated/α-hetero) is 1. The van der Waals surface area contributed by atoms with Crippen molar-refractivity contribution >= 4 is 22.7 Å². The molecule has 3 aromatic carbocycles. The Kier molecular flexibility index (Phi) is 3.49. The van der Waals surface area contributed by atoms with Crippen LogP contribution < -0.4 is 9.47 Å². The van der Waals surface area contributed by atoms with Crippen molar-refractivity contribution in [1.29, 1.82) is 0 Å². The minimum absolute atomic E-state index is 0.0439. The molecule has 0 saturated carbocycles. The molecule has 2 aliphatic rings. The van der Waals surface area contributed by atoms with Gasteiger partial charge in [0.15, 0.2) is 23.1 Å². The number of ketones is 2. The second-order valence-electron chi connectivity index (χ2n) is 6.75. The van der Waals surface area contributed by atoms with Gasteiger partial charge in [-0.05, 0) is 23.3 Å². The summed E-state index contributed by atoms with van der Waals surface area (Å²) in [5, 5.41) is 0. The zero-order valence-corrected chi connectivity index (χ0v) is 15.4. The predicted octanol–water partition coefficient (Wildman–Crippen LogP) is 4.40. The maximum atomic E-state index is 13.4. The third-order valence-electron chi connectivity index (χ3n) is 5.39. The Morgan fingerprint density at radius 2 is 1.25 bits per heavy atom. The fourth-order valence-corrected chi connectivity index (χ4v) is 4.15. The Bertz CT molecular complexity index is 1220. The van der Waals surface area contributed by atoms with Gasteiger partial charge in [-0.1, -0.05) is 48.5 Å². The van der Waals surface area contributed by atoms with Crippen molar-refractivity contribution in [2.75, 3.05) is 14.2 Å². The number of fused-ring (bicyclic) bond motifs is 2. The van der Waals surface area contributed by atoms with E-state index in [0.29, 0.717) is 33.8 Å². The Morgan fingerprint density at radius 3 is 1.96 bits per heavy atom. The molecule has 4 heteroatoms. The summed E-state index contributed by atoms with van der Waals surface area (Å²) in [6.45, 7) is 0. The molecule has 0 fully saturated rings. The highest BCUT2D eigenvalue weighted by molar-refractivity contribution is 6.44. The maximum Gasteiger partial charge on any atom is 0.194 e. The summed E-state index contributed by atoms with van der Waals surface area (Å²) < 4.78 is 10.8. The van der Waals surface area contributed by atoms with Gasteiger partial charge in [0.25, 0.3) is 0 Å². The highest BCUT2D eigenvalue weighted by Crippen LogP contribution is 2.48. The first-order valence-electron chi connectivity index (χ1n) is 8.94. The Morgan fingerprint density at radius 1 is 0.607 bits per heavy atom. The molecule has 28 heavy (non-hydrogen) atoms. The fourth-order valence-electron chi connectivity index (χ4n) is 4.15. The van der Waals surface area contributed by atoms with Crippen LogP contribution in [0.25, 0.3) is 11.1 Å². The van der Waals surface area contributed by atoms with Crippen molar-refractivity contribution in [2.45, 2.75) is 0 Å². The van der Waals surface area contributed by atoms with E-state index in [9.17, 15) is 9.59 Å². The van der Waals surface area contributed by atoms with E-state index in [1.807, 2.05) is 36.4 Å². The highest BCUT2D eigenvalue weighted by atomic mass is 16.5. The topological polar surface area (TPSA) is 52.6 Å². The third kappa shape index (κ3) is 2.06. The van der Waals surface area contributed by atoms with Gasteiger partial charge >= 0.3 is 0 Å². The largest absolute Gasteiger partial charge is 0.493 e. The van der Waals surface area contributed by atoms with Gasteiger partial charge in [0, 0.05) is 33.4 Å². The second kappa shape index (κ2) is 5.92. The summed E-state index contributed by atoms with van der Waals surface area (Å²) in [7, 11) is 3.14. The first kappa shape index (κ1) is 16.5. The number of carbonyl (C=O) groups is 2. The fraction of sp³-hybridized carbons (Fsp3) is 0.0833. The number of carbonyl (C=O) groups excluding carboxylic acids is 2. The van der Waals surface area contributed by atoms with Crippen LogP contribution >= 0.6 is 0 Å². The summed E-state index contributed by atoms with van der Waals surface area (Å²) in [6.07, 6.45) is 0. The third-order valence-corrected chi connectivity index (χ3v) is 5.39. The first-order chi connectivity index (χ1) is 13.7. The molecule has 0 aliphatic heterocycles. The van der Waals surface area contributed by atoms with Gasteiger partial charge in [-0.15, -0.1) is 0 Å². The summed E-state index contributed by atoms with van der Waals surface area (Å²) in [4.78, 5) is 26.4. The number of hydrogen-bond acceptors (Lipinski definition) is 4. The minimum Gasteiger partial charge on any atom is -0.493 e. The lowest BCUT2D eigenvalue weighted by Gasteiger charge is -2.20. The van der Waals surface area contributed by atoms with Crippen LogP contribution in [0.3, 0.4) is 0 Å². The molecular formula is C24H16O4. The van der Waals surface area contributed by atoms with Crippen LogP contribution in [0.15, 0.2) is 60.7 Å². The van der Waals surface area contributed by atoms with Crippen molar-refractivity contribution in [2.24, 2.45) is 0 Å². The van der Waals surface area contributed by atoms with Gasteiger partial charge < -0.3 is 9.47 Å². The molecule has 0 saturated heterocycles. The lowest BCUT2D eigenvalue weighted by atomic mass is 9.80. The molecule has 5 rings (SSSR count). The molecule has 0 bridgehead atoms. The lowest BCUT2D eigenvalue weighted by molar-refractivity contribution is 0.103. The number of hydrogen-bond donors (Lipinski definition) is 0. The quantitative estimate of drug-likeness (QED) is 0.538. The molecule has 0 heterocycles. The van der Waals surface area contributed by atoms with E-state index in [-0.39, 0.29) is 11.6 Å². The molecule has 0 spiro atoms. The highest BCUT2D eigenvalue weighted by Gasteiger charge is 2.39. The van der Waals surface area contributed by atoms with E-state index in [1.54, 1.807) is 38.5 Å². The molecule has 2 aliphatic carbocycles. The average Bonchev–Trinajstić information content (AvgIpc) is 3.05. The van der Waals surface area contributed by atoms with E-state index in [2.05, 4.69) is 0 Å². The number of allylic oxidation sites excluding steroid dienone is 1. The predicted molar refractivity (Wildman–Crippen MR) is 106 cm³/mol. The van der Waals surface area contributed by atoms with E-state index in [4.69, 9.17) is 9.47 Å². The number of ether oxygens (including phenoxy) is 2. The lowest BCUT2D eigenvalue weighted by Crippen LogP contribution is -2.14. The van der Waals surface area contributed by atoms with Crippen molar-refractivity contribution in [3.8, 4) is 11.5 Å². The molecular weight excluding hydrogens is 352 g/mol. The smallest absolute Gasteiger partial charge is 0.194 e. The average molecular weight is 368 g/mol. The molecule has 0 aromatic heterocycles. The van der Waals surface area contributed by atoms with Gasteiger partial charge in [0.05, 0.1) is 14.2 Å². The molecule has 3 aromatic rings. The van der Waals surface area contributed by atoms with Gasteiger partial charge in [0.1, 0.15) is 0 Å². The van der Waals surface area contributed by atoms with Crippen LogP contribution in [0.4, 0.5) is 0 Å². The molecule has 0 atom stereocenters. The Balaban J connectivity index is 1.86. The summed E-state index contributed by atoms with van der Waals surface area (Å²) >= 11 is 0. The zero-order chi connectivity index (χ0) is 19.4. The number of methoxy groups -OCH3 is 2. The summed E-state index contributed by atoms with van der Waals surface area (Å²) in [6, 6.07) is 18.3. The number of benzene rings is 3. The van der Waals surface area contributed by atoms with Crippen LogP contribution in [0.5, 0.6) is 11.5 Å². The van der Waals surface area contributed by atoms with Crippen molar-refractivity contribution in [1.82, 2.24) is 0 Å². The van der Waals surface area contributed by atoms with Gasteiger partial charge in [-0.2, -0.15) is 0 Å². The van der Waals surface area contributed by atoms with E-state index in [1.165, 1.54) is 0 Å². The molecule has 0 radical (unpaired) electrons. The maximum absolute atomic E-state index is 13.4. The Labute approximate surface area is 162 Å².